The zero-order valence-electron chi connectivity index (χ0n) is 14.1. The molecule has 2 amide bonds. The number of rotatable bonds is 5. The molecular weight excluding hydrogens is 369 g/mol. The van der Waals surface area contributed by atoms with E-state index in [1.807, 2.05) is 12.1 Å². The monoisotopic (exact) mass is 383 g/mol. The summed E-state index contributed by atoms with van der Waals surface area (Å²) in [6.45, 7) is 0.321. The van der Waals surface area contributed by atoms with Gasteiger partial charge in [0.05, 0.1) is 11.1 Å². The van der Waals surface area contributed by atoms with Gasteiger partial charge in [0, 0.05) is 29.6 Å². The summed E-state index contributed by atoms with van der Waals surface area (Å²) < 4.78 is 12.9. The van der Waals surface area contributed by atoms with Crippen molar-refractivity contribution in [3.8, 4) is 0 Å². The van der Waals surface area contributed by atoms with Crippen molar-refractivity contribution in [1.29, 1.82) is 0 Å². The average molecular weight is 384 g/mol. The Kier molecular flexibility index (Phi) is 5.78. The Labute approximate surface area is 160 Å². The number of halogens is 2. The predicted octanol–water partition coefficient (Wildman–Crippen LogP) is 4.06. The Balaban J connectivity index is 1.65. The van der Waals surface area contributed by atoms with E-state index in [9.17, 15) is 14.0 Å². The Morgan fingerprint density at radius 1 is 0.926 bits per heavy atom. The molecule has 3 rings (SSSR count). The van der Waals surface area contributed by atoms with E-state index >= 15 is 0 Å². The number of hydrogen-bond acceptors (Lipinski definition) is 3. The molecule has 0 fully saturated rings. The average Bonchev–Trinajstić information content (AvgIpc) is 2.69. The van der Waals surface area contributed by atoms with Gasteiger partial charge in [-0.05, 0) is 48.0 Å². The molecule has 0 saturated carbocycles. The van der Waals surface area contributed by atoms with Crippen LogP contribution < -0.4 is 10.6 Å². The molecule has 0 aliphatic heterocycles. The fourth-order valence-corrected chi connectivity index (χ4v) is 2.44. The van der Waals surface area contributed by atoms with Crippen molar-refractivity contribution >= 4 is 29.1 Å². The number of anilines is 1. The maximum Gasteiger partial charge on any atom is 0.257 e. The van der Waals surface area contributed by atoms with Gasteiger partial charge in [-0.2, -0.15) is 0 Å². The number of amides is 2. The Morgan fingerprint density at radius 2 is 1.56 bits per heavy atom. The summed E-state index contributed by atoms with van der Waals surface area (Å²) in [5.74, 6) is -1.19. The Morgan fingerprint density at radius 3 is 2.22 bits per heavy atom. The van der Waals surface area contributed by atoms with Crippen LogP contribution in [0.4, 0.5) is 10.1 Å². The van der Waals surface area contributed by atoms with Gasteiger partial charge in [-0.1, -0.05) is 23.7 Å². The molecule has 1 heterocycles. The molecule has 136 valence electrons. The van der Waals surface area contributed by atoms with Crippen molar-refractivity contribution in [1.82, 2.24) is 10.3 Å². The number of carbonyl (C=O) groups excluding carboxylic acids is 2. The fraction of sp³-hybridized carbons (Fsp3) is 0.0500. The molecular formula is C20H15ClFN3O2. The third-order valence-corrected chi connectivity index (χ3v) is 3.98. The molecule has 2 aromatic carbocycles. The standard InChI is InChI=1S/C20H15ClFN3O2/c21-16-3-1-13(2-4-16)10-24-19(26)14-9-15(12-23-11-14)20(27)25-18-7-5-17(22)6-8-18/h1-9,11-12H,10H2,(H,24,26)(H,25,27). The second-order valence-electron chi connectivity index (χ2n) is 5.73. The van der Waals surface area contributed by atoms with Crippen molar-refractivity contribution < 1.29 is 14.0 Å². The molecule has 0 aliphatic carbocycles. The minimum atomic E-state index is -0.443. The van der Waals surface area contributed by atoms with Crippen molar-refractivity contribution in [2.24, 2.45) is 0 Å². The molecule has 0 spiro atoms. The molecule has 0 atom stereocenters. The smallest absolute Gasteiger partial charge is 0.257 e. The number of carbonyl (C=O) groups is 2. The lowest BCUT2D eigenvalue weighted by Crippen LogP contribution is -2.23. The van der Waals surface area contributed by atoms with Gasteiger partial charge in [0.1, 0.15) is 5.82 Å². The Bertz CT molecular complexity index is 960. The summed E-state index contributed by atoms with van der Waals surface area (Å²) >= 11 is 5.83. The van der Waals surface area contributed by atoms with Crippen LogP contribution in [0.2, 0.25) is 5.02 Å². The highest BCUT2D eigenvalue weighted by Crippen LogP contribution is 2.12. The van der Waals surface area contributed by atoms with E-state index < -0.39 is 11.7 Å². The lowest BCUT2D eigenvalue weighted by atomic mass is 10.1. The molecule has 0 bridgehead atoms. The molecule has 0 radical (unpaired) electrons. The summed E-state index contributed by atoms with van der Waals surface area (Å²) in [5.41, 5.74) is 1.82. The molecule has 0 aliphatic rings. The lowest BCUT2D eigenvalue weighted by Gasteiger charge is -2.08. The first-order chi connectivity index (χ1) is 13.0. The first-order valence-electron chi connectivity index (χ1n) is 8.06. The normalized spacial score (nSPS) is 10.3. The largest absolute Gasteiger partial charge is 0.348 e. The maximum absolute atomic E-state index is 12.9. The van der Waals surface area contributed by atoms with Gasteiger partial charge in [0.25, 0.3) is 11.8 Å². The first-order valence-corrected chi connectivity index (χ1v) is 8.44. The van der Waals surface area contributed by atoms with E-state index in [2.05, 4.69) is 15.6 Å². The lowest BCUT2D eigenvalue weighted by molar-refractivity contribution is 0.0950. The minimum absolute atomic E-state index is 0.221. The summed E-state index contributed by atoms with van der Waals surface area (Å²) in [4.78, 5) is 28.6. The van der Waals surface area contributed by atoms with Gasteiger partial charge in [-0.15, -0.1) is 0 Å². The molecule has 0 saturated heterocycles. The summed E-state index contributed by atoms with van der Waals surface area (Å²) in [7, 11) is 0. The highest BCUT2D eigenvalue weighted by molar-refractivity contribution is 6.30. The zero-order valence-corrected chi connectivity index (χ0v) is 14.8. The molecule has 1 aromatic heterocycles. The number of aromatic nitrogens is 1. The fourth-order valence-electron chi connectivity index (χ4n) is 2.31. The number of hydrogen-bond donors (Lipinski definition) is 2. The van der Waals surface area contributed by atoms with Crippen molar-refractivity contribution in [3.63, 3.8) is 0 Å². The number of pyridine rings is 1. The van der Waals surface area contributed by atoms with Crippen molar-refractivity contribution in [2.45, 2.75) is 6.54 Å². The van der Waals surface area contributed by atoms with Crippen LogP contribution in [0.3, 0.4) is 0 Å². The van der Waals surface area contributed by atoms with Crippen LogP contribution in [0.15, 0.2) is 67.0 Å². The van der Waals surface area contributed by atoms with E-state index in [0.29, 0.717) is 17.3 Å². The van der Waals surface area contributed by atoms with Crippen molar-refractivity contribution in [3.05, 3.63) is 94.5 Å². The third kappa shape index (κ3) is 5.12. The molecule has 7 heteroatoms. The zero-order chi connectivity index (χ0) is 19.2. The van der Waals surface area contributed by atoms with Gasteiger partial charge < -0.3 is 10.6 Å². The van der Waals surface area contributed by atoms with Gasteiger partial charge >= 0.3 is 0 Å². The van der Waals surface area contributed by atoms with Gasteiger partial charge in [0.15, 0.2) is 0 Å². The van der Waals surface area contributed by atoms with Crippen LogP contribution in [0, 0.1) is 5.82 Å². The van der Waals surface area contributed by atoms with Crippen LogP contribution in [0.25, 0.3) is 0 Å². The van der Waals surface area contributed by atoms with Crippen LogP contribution in [0.5, 0.6) is 0 Å². The van der Waals surface area contributed by atoms with E-state index in [1.54, 1.807) is 12.1 Å². The quantitative estimate of drug-likeness (QED) is 0.698. The minimum Gasteiger partial charge on any atom is -0.348 e. The molecule has 3 aromatic rings. The number of benzene rings is 2. The molecule has 2 N–H and O–H groups in total. The van der Waals surface area contributed by atoms with Gasteiger partial charge in [0.2, 0.25) is 0 Å². The van der Waals surface area contributed by atoms with Crippen LogP contribution in [-0.4, -0.2) is 16.8 Å². The number of nitrogens with zero attached hydrogens (tertiary/aromatic N) is 1. The van der Waals surface area contributed by atoms with Crippen LogP contribution >= 0.6 is 11.6 Å². The van der Waals surface area contributed by atoms with E-state index in [1.165, 1.54) is 42.7 Å². The van der Waals surface area contributed by atoms with Crippen molar-refractivity contribution in [2.75, 3.05) is 5.32 Å². The summed E-state index contributed by atoms with van der Waals surface area (Å²) in [6.07, 6.45) is 2.74. The second-order valence-corrected chi connectivity index (χ2v) is 6.17. The molecule has 0 unspecified atom stereocenters. The van der Waals surface area contributed by atoms with Crippen LogP contribution in [-0.2, 0) is 6.54 Å². The topological polar surface area (TPSA) is 71.1 Å². The SMILES string of the molecule is O=C(NCc1ccc(Cl)cc1)c1cncc(C(=O)Nc2ccc(F)cc2)c1. The highest BCUT2D eigenvalue weighted by Gasteiger charge is 2.12. The Hall–Kier alpha value is -3.25. The van der Waals surface area contributed by atoms with Gasteiger partial charge in [-0.3, -0.25) is 14.6 Å². The van der Waals surface area contributed by atoms with Crippen LogP contribution in [0.1, 0.15) is 26.3 Å². The number of nitrogens with one attached hydrogen (secondary N) is 2. The van der Waals surface area contributed by atoms with E-state index in [4.69, 9.17) is 11.6 Å². The summed E-state index contributed by atoms with van der Waals surface area (Å²) in [5, 5.41) is 6.01. The third-order valence-electron chi connectivity index (χ3n) is 3.73. The predicted molar refractivity (Wildman–Crippen MR) is 101 cm³/mol. The summed E-state index contributed by atoms with van der Waals surface area (Å²) in [6, 6.07) is 13.9. The second kappa shape index (κ2) is 8.42. The highest BCUT2D eigenvalue weighted by atomic mass is 35.5. The molecule has 27 heavy (non-hydrogen) atoms. The maximum atomic E-state index is 12.9. The van der Waals surface area contributed by atoms with E-state index in [0.717, 1.165) is 5.56 Å². The van der Waals surface area contributed by atoms with E-state index in [-0.39, 0.29) is 17.0 Å². The first kappa shape index (κ1) is 18.5. The van der Waals surface area contributed by atoms with Gasteiger partial charge in [-0.25, -0.2) is 4.39 Å². The molecule has 5 nitrogen and oxygen atoms in total.